The molecule has 2 amide bonds. The summed E-state index contributed by atoms with van der Waals surface area (Å²) in [5.74, 6) is -1.19. The number of nitrogens with zero attached hydrogens (tertiary/aromatic N) is 1. The fourth-order valence-corrected chi connectivity index (χ4v) is 2.88. The third kappa shape index (κ3) is 3.64. The molecule has 7 heteroatoms. The van der Waals surface area contributed by atoms with Crippen LogP contribution in [0.15, 0.2) is 60.9 Å². The highest BCUT2D eigenvalue weighted by molar-refractivity contribution is 7.17. The van der Waals surface area contributed by atoms with Crippen LogP contribution in [0.4, 0.5) is 4.39 Å². The molecule has 0 spiro atoms. The summed E-state index contributed by atoms with van der Waals surface area (Å²) in [6.45, 7) is 0. The molecule has 1 aromatic carbocycles. The van der Waals surface area contributed by atoms with Crippen LogP contribution in [0.1, 0.15) is 20.0 Å². The van der Waals surface area contributed by atoms with Gasteiger partial charge in [0.2, 0.25) is 0 Å². The van der Waals surface area contributed by atoms with E-state index in [1.165, 1.54) is 29.7 Å². The van der Waals surface area contributed by atoms with E-state index in [0.29, 0.717) is 10.4 Å². The van der Waals surface area contributed by atoms with Crippen LogP contribution in [0, 0.1) is 5.82 Å². The van der Waals surface area contributed by atoms with Crippen molar-refractivity contribution in [2.24, 2.45) is 0 Å². The Morgan fingerprint density at radius 2 is 1.71 bits per heavy atom. The second kappa shape index (κ2) is 7.01. The van der Waals surface area contributed by atoms with Crippen LogP contribution in [0.5, 0.6) is 0 Å². The van der Waals surface area contributed by atoms with Gasteiger partial charge in [-0.25, -0.2) is 4.39 Å². The van der Waals surface area contributed by atoms with Gasteiger partial charge >= 0.3 is 0 Å². The fourth-order valence-electron chi connectivity index (χ4n) is 1.97. The Bertz CT molecular complexity index is 863. The van der Waals surface area contributed by atoms with Crippen molar-refractivity contribution in [1.82, 2.24) is 15.8 Å². The van der Waals surface area contributed by atoms with Crippen molar-refractivity contribution in [1.29, 1.82) is 0 Å². The number of benzene rings is 1. The van der Waals surface area contributed by atoms with Crippen molar-refractivity contribution in [2.45, 2.75) is 0 Å². The van der Waals surface area contributed by atoms with Crippen molar-refractivity contribution >= 4 is 23.2 Å². The lowest BCUT2D eigenvalue weighted by Gasteiger charge is -2.05. The molecule has 0 aliphatic rings. The van der Waals surface area contributed by atoms with Crippen LogP contribution in [0.25, 0.3) is 10.4 Å². The fraction of sp³-hybridized carbons (Fsp3) is 0. The summed E-state index contributed by atoms with van der Waals surface area (Å²) in [4.78, 5) is 29.0. The van der Waals surface area contributed by atoms with Crippen LogP contribution in [-0.2, 0) is 0 Å². The molecule has 24 heavy (non-hydrogen) atoms. The van der Waals surface area contributed by atoms with Crippen LogP contribution in [0.3, 0.4) is 0 Å². The van der Waals surface area contributed by atoms with Crippen LogP contribution < -0.4 is 10.9 Å². The zero-order valence-electron chi connectivity index (χ0n) is 12.3. The molecule has 5 nitrogen and oxygen atoms in total. The van der Waals surface area contributed by atoms with Crippen molar-refractivity contribution in [3.8, 4) is 10.4 Å². The number of halogens is 1. The number of thiophene rings is 1. The molecular formula is C17H12FN3O2S. The van der Waals surface area contributed by atoms with E-state index in [2.05, 4.69) is 15.8 Å². The van der Waals surface area contributed by atoms with Crippen molar-refractivity contribution < 1.29 is 14.0 Å². The van der Waals surface area contributed by atoms with Crippen molar-refractivity contribution in [3.05, 3.63) is 77.2 Å². The van der Waals surface area contributed by atoms with E-state index in [4.69, 9.17) is 0 Å². The Hall–Kier alpha value is -3.06. The maximum absolute atomic E-state index is 12.9. The number of hydrogen-bond acceptors (Lipinski definition) is 4. The number of hydrogen-bond donors (Lipinski definition) is 2. The molecule has 0 fully saturated rings. The van der Waals surface area contributed by atoms with Crippen LogP contribution in [0.2, 0.25) is 0 Å². The topological polar surface area (TPSA) is 71.1 Å². The number of carbonyl (C=O) groups is 2. The lowest BCUT2D eigenvalue weighted by Crippen LogP contribution is -2.41. The molecule has 2 aromatic heterocycles. The number of pyridine rings is 1. The average molecular weight is 341 g/mol. The van der Waals surface area contributed by atoms with Gasteiger partial charge in [-0.15, -0.1) is 11.3 Å². The Kier molecular flexibility index (Phi) is 4.62. The molecular weight excluding hydrogens is 329 g/mol. The molecule has 2 heterocycles. The molecule has 0 saturated heterocycles. The minimum Gasteiger partial charge on any atom is -0.267 e. The van der Waals surface area contributed by atoms with Gasteiger partial charge < -0.3 is 0 Å². The van der Waals surface area contributed by atoms with E-state index in [1.807, 2.05) is 0 Å². The van der Waals surface area contributed by atoms with Gasteiger partial charge in [-0.05, 0) is 42.0 Å². The van der Waals surface area contributed by atoms with Gasteiger partial charge in [-0.3, -0.25) is 25.4 Å². The second-order valence-electron chi connectivity index (χ2n) is 4.82. The van der Waals surface area contributed by atoms with Crippen molar-refractivity contribution in [2.75, 3.05) is 0 Å². The third-order valence-corrected chi connectivity index (χ3v) is 4.30. The smallest absolute Gasteiger partial charge is 0.267 e. The number of hydrazine groups is 1. The number of carbonyl (C=O) groups excluding carboxylic acids is 2. The summed E-state index contributed by atoms with van der Waals surface area (Å²) in [6, 6.07) is 12.7. The molecule has 0 atom stereocenters. The monoisotopic (exact) mass is 341 g/mol. The lowest BCUT2D eigenvalue weighted by atomic mass is 10.2. The van der Waals surface area contributed by atoms with Gasteiger partial charge in [0.1, 0.15) is 5.82 Å². The summed E-state index contributed by atoms with van der Waals surface area (Å²) in [5, 5.41) is 0. The number of aromatic nitrogens is 1. The minimum absolute atomic E-state index is 0.314. The van der Waals surface area contributed by atoms with E-state index < -0.39 is 11.8 Å². The van der Waals surface area contributed by atoms with Gasteiger partial charge in [-0.2, -0.15) is 0 Å². The summed E-state index contributed by atoms with van der Waals surface area (Å²) in [6.07, 6.45) is 2.96. The van der Waals surface area contributed by atoms with E-state index >= 15 is 0 Å². The molecule has 0 bridgehead atoms. The zero-order chi connectivity index (χ0) is 16.9. The first-order valence-electron chi connectivity index (χ1n) is 7.00. The maximum Gasteiger partial charge on any atom is 0.279 e. The molecule has 0 aliphatic heterocycles. The van der Waals surface area contributed by atoms with Gasteiger partial charge in [0.05, 0.1) is 10.4 Å². The highest BCUT2D eigenvalue weighted by Crippen LogP contribution is 2.28. The highest BCUT2D eigenvalue weighted by Gasteiger charge is 2.12. The molecule has 3 aromatic rings. The van der Waals surface area contributed by atoms with Gasteiger partial charge in [0.15, 0.2) is 0 Å². The number of nitrogens with one attached hydrogen (secondary N) is 2. The van der Waals surface area contributed by atoms with Gasteiger partial charge in [-0.1, -0.05) is 12.1 Å². The van der Waals surface area contributed by atoms with Crippen molar-refractivity contribution in [3.63, 3.8) is 0 Å². The summed E-state index contributed by atoms with van der Waals surface area (Å²) >= 11 is 1.25. The first-order chi connectivity index (χ1) is 11.6. The van der Waals surface area contributed by atoms with E-state index in [1.54, 1.807) is 42.6 Å². The van der Waals surface area contributed by atoms with E-state index in [0.717, 1.165) is 10.4 Å². The molecule has 0 unspecified atom stereocenters. The summed E-state index contributed by atoms with van der Waals surface area (Å²) in [7, 11) is 0. The Labute approximate surface area is 141 Å². The summed E-state index contributed by atoms with van der Waals surface area (Å²) in [5.41, 5.74) is 5.85. The largest absolute Gasteiger partial charge is 0.279 e. The predicted molar refractivity (Wildman–Crippen MR) is 88.9 cm³/mol. The first-order valence-corrected chi connectivity index (χ1v) is 7.81. The highest BCUT2D eigenvalue weighted by atomic mass is 32.1. The molecule has 2 N–H and O–H groups in total. The first kappa shape index (κ1) is 15.8. The van der Waals surface area contributed by atoms with Crippen LogP contribution >= 0.6 is 11.3 Å². The number of rotatable bonds is 3. The second-order valence-corrected chi connectivity index (χ2v) is 5.90. The predicted octanol–water partition coefficient (Wildman–Crippen LogP) is 3.02. The van der Waals surface area contributed by atoms with E-state index in [9.17, 15) is 14.0 Å². The van der Waals surface area contributed by atoms with Crippen LogP contribution in [-0.4, -0.2) is 16.8 Å². The summed E-state index contributed by atoms with van der Waals surface area (Å²) < 4.78 is 12.9. The Morgan fingerprint density at radius 1 is 0.958 bits per heavy atom. The molecule has 120 valence electrons. The minimum atomic E-state index is -0.452. The molecule has 3 rings (SSSR count). The maximum atomic E-state index is 12.9. The zero-order valence-corrected chi connectivity index (χ0v) is 13.1. The standard InChI is InChI=1S/C17H12FN3O2S/c18-13-5-3-11(4-6-13)14-7-8-15(24-14)17(23)21-20-16(22)12-2-1-9-19-10-12/h1-10H,(H,20,22)(H,21,23). The molecule has 0 saturated carbocycles. The number of amides is 2. The lowest BCUT2D eigenvalue weighted by molar-refractivity contribution is 0.0848. The van der Waals surface area contributed by atoms with Gasteiger partial charge in [0.25, 0.3) is 11.8 Å². The average Bonchev–Trinajstić information content (AvgIpc) is 3.11. The normalized spacial score (nSPS) is 10.2. The Morgan fingerprint density at radius 3 is 2.42 bits per heavy atom. The van der Waals surface area contributed by atoms with E-state index in [-0.39, 0.29) is 5.82 Å². The third-order valence-electron chi connectivity index (χ3n) is 3.17. The van der Waals surface area contributed by atoms with Gasteiger partial charge in [0, 0.05) is 17.3 Å². The molecule has 0 radical (unpaired) electrons. The Balaban J connectivity index is 1.64. The SMILES string of the molecule is O=C(NNC(=O)c1ccc(-c2ccc(F)cc2)s1)c1cccnc1. The quantitative estimate of drug-likeness (QED) is 0.720. The molecule has 0 aliphatic carbocycles.